The standard InChI is InChI=1S/C18H18ClN3O2/c1-24-17(12-5-3-2-4-6-12)18(23)20-10-9-16-21-14-8-7-13(19)11-15(14)22-16/h2-8,11,17H,9-10H2,1H3,(H,20,23)(H,21,22)/t17-/m0/s1. The van der Waals surface area contributed by atoms with Crippen molar-refractivity contribution < 1.29 is 9.53 Å². The largest absolute Gasteiger partial charge is 0.367 e. The number of nitrogens with zero attached hydrogens (tertiary/aromatic N) is 1. The lowest BCUT2D eigenvalue weighted by atomic mass is 10.1. The Morgan fingerprint density at radius 2 is 2.08 bits per heavy atom. The van der Waals surface area contributed by atoms with Crippen molar-refractivity contribution in [2.75, 3.05) is 13.7 Å². The molecule has 1 aromatic heterocycles. The molecule has 0 saturated carbocycles. The van der Waals surface area contributed by atoms with Gasteiger partial charge in [0.1, 0.15) is 5.82 Å². The van der Waals surface area contributed by atoms with E-state index in [0.717, 1.165) is 22.4 Å². The molecule has 1 atom stereocenters. The van der Waals surface area contributed by atoms with E-state index in [9.17, 15) is 4.79 Å². The average Bonchev–Trinajstić information content (AvgIpc) is 2.98. The summed E-state index contributed by atoms with van der Waals surface area (Å²) in [7, 11) is 1.53. The molecule has 3 rings (SSSR count). The second-order valence-electron chi connectivity index (χ2n) is 5.41. The Balaban J connectivity index is 1.59. The number of imidazole rings is 1. The van der Waals surface area contributed by atoms with Crippen molar-refractivity contribution in [2.45, 2.75) is 12.5 Å². The lowest BCUT2D eigenvalue weighted by molar-refractivity contribution is -0.131. The van der Waals surface area contributed by atoms with Crippen molar-refractivity contribution in [3.63, 3.8) is 0 Å². The Morgan fingerprint density at radius 1 is 1.29 bits per heavy atom. The highest BCUT2D eigenvalue weighted by Crippen LogP contribution is 2.18. The maximum absolute atomic E-state index is 12.3. The van der Waals surface area contributed by atoms with Crippen LogP contribution >= 0.6 is 11.6 Å². The lowest BCUT2D eigenvalue weighted by Crippen LogP contribution is -2.32. The van der Waals surface area contributed by atoms with Crippen LogP contribution < -0.4 is 5.32 Å². The summed E-state index contributed by atoms with van der Waals surface area (Å²) in [6.07, 6.45) is -0.0100. The number of fused-ring (bicyclic) bond motifs is 1. The molecule has 124 valence electrons. The van der Waals surface area contributed by atoms with E-state index in [0.29, 0.717) is 18.0 Å². The SMILES string of the molecule is CO[C@H](C(=O)NCCc1nc2ccc(Cl)cc2[nH]1)c1ccccc1. The van der Waals surface area contributed by atoms with Crippen LogP contribution in [-0.2, 0) is 16.0 Å². The molecule has 0 fully saturated rings. The quantitative estimate of drug-likeness (QED) is 0.722. The number of carbonyl (C=O) groups excluding carboxylic acids is 1. The summed E-state index contributed by atoms with van der Waals surface area (Å²) < 4.78 is 5.31. The minimum absolute atomic E-state index is 0.164. The van der Waals surface area contributed by atoms with E-state index in [4.69, 9.17) is 16.3 Å². The Labute approximate surface area is 145 Å². The number of aromatic amines is 1. The Morgan fingerprint density at radius 3 is 2.83 bits per heavy atom. The Hall–Kier alpha value is -2.37. The van der Waals surface area contributed by atoms with Gasteiger partial charge in [-0.15, -0.1) is 0 Å². The van der Waals surface area contributed by atoms with Crippen LogP contribution in [0.2, 0.25) is 5.02 Å². The van der Waals surface area contributed by atoms with Gasteiger partial charge in [0.15, 0.2) is 6.10 Å². The third-order valence-electron chi connectivity index (χ3n) is 3.73. The molecular weight excluding hydrogens is 326 g/mol. The average molecular weight is 344 g/mol. The van der Waals surface area contributed by atoms with Crippen LogP contribution in [0.4, 0.5) is 0 Å². The summed E-state index contributed by atoms with van der Waals surface area (Å²) in [6, 6.07) is 14.9. The number of nitrogens with one attached hydrogen (secondary N) is 2. The number of H-pyrrole nitrogens is 1. The molecule has 0 bridgehead atoms. The smallest absolute Gasteiger partial charge is 0.253 e. The van der Waals surface area contributed by atoms with Crippen LogP contribution in [0.25, 0.3) is 11.0 Å². The van der Waals surface area contributed by atoms with E-state index in [-0.39, 0.29) is 5.91 Å². The molecule has 5 nitrogen and oxygen atoms in total. The van der Waals surface area contributed by atoms with E-state index in [1.54, 1.807) is 6.07 Å². The van der Waals surface area contributed by atoms with Gasteiger partial charge in [0, 0.05) is 25.1 Å². The van der Waals surface area contributed by atoms with Crippen LogP contribution in [0.5, 0.6) is 0 Å². The number of hydrogen-bond donors (Lipinski definition) is 2. The molecule has 1 amide bonds. The van der Waals surface area contributed by atoms with E-state index in [1.807, 2.05) is 42.5 Å². The van der Waals surface area contributed by atoms with Gasteiger partial charge in [0.2, 0.25) is 0 Å². The van der Waals surface area contributed by atoms with Gasteiger partial charge in [-0.3, -0.25) is 4.79 Å². The minimum Gasteiger partial charge on any atom is -0.367 e. The van der Waals surface area contributed by atoms with Crippen molar-refractivity contribution in [2.24, 2.45) is 0 Å². The van der Waals surface area contributed by atoms with Crippen LogP contribution in [0.3, 0.4) is 0 Å². The molecule has 3 aromatic rings. The molecule has 1 heterocycles. The van der Waals surface area contributed by atoms with E-state index in [1.165, 1.54) is 7.11 Å². The van der Waals surface area contributed by atoms with Crippen LogP contribution in [0.15, 0.2) is 48.5 Å². The fraction of sp³-hybridized carbons (Fsp3) is 0.222. The van der Waals surface area contributed by atoms with Crippen LogP contribution in [0, 0.1) is 0 Å². The Kier molecular flexibility index (Phi) is 5.13. The van der Waals surface area contributed by atoms with E-state index in [2.05, 4.69) is 15.3 Å². The number of benzene rings is 2. The van der Waals surface area contributed by atoms with Gasteiger partial charge in [-0.05, 0) is 23.8 Å². The first-order chi connectivity index (χ1) is 11.7. The molecule has 0 aliphatic carbocycles. The van der Waals surface area contributed by atoms with Crippen molar-refractivity contribution in [1.29, 1.82) is 0 Å². The zero-order chi connectivity index (χ0) is 16.9. The molecule has 2 N–H and O–H groups in total. The molecule has 0 unspecified atom stereocenters. The summed E-state index contributed by atoms with van der Waals surface area (Å²) in [6.45, 7) is 0.471. The third-order valence-corrected chi connectivity index (χ3v) is 3.97. The highest BCUT2D eigenvalue weighted by atomic mass is 35.5. The predicted octanol–water partition coefficient (Wildman–Crippen LogP) is 3.26. The molecule has 0 aliphatic heterocycles. The minimum atomic E-state index is -0.610. The van der Waals surface area contributed by atoms with E-state index < -0.39 is 6.10 Å². The van der Waals surface area contributed by atoms with Gasteiger partial charge in [0.25, 0.3) is 5.91 Å². The van der Waals surface area contributed by atoms with E-state index >= 15 is 0 Å². The normalized spacial score (nSPS) is 12.2. The number of hydrogen-bond acceptors (Lipinski definition) is 3. The van der Waals surface area contributed by atoms with Crippen molar-refractivity contribution in [3.05, 3.63) is 64.9 Å². The number of halogens is 1. The van der Waals surface area contributed by atoms with Crippen molar-refractivity contribution in [3.8, 4) is 0 Å². The highest BCUT2D eigenvalue weighted by molar-refractivity contribution is 6.31. The molecular formula is C18H18ClN3O2. The zero-order valence-electron chi connectivity index (χ0n) is 13.3. The fourth-order valence-corrected chi connectivity index (χ4v) is 2.74. The topological polar surface area (TPSA) is 67.0 Å². The number of amides is 1. The Bertz CT molecular complexity index is 833. The first-order valence-electron chi connectivity index (χ1n) is 7.67. The van der Waals surface area contributed by atoms with Gasteiger partial charge in [-0.25, -0.2) is 4.98 Å². The first-order valence-corrected chi connectivity index (χ1v) is 8.05. The predicted molar refractivity (Wildman–Crippen MR) is 94.0 cm³/mol. The molecule has 0 saturated heterocycles. The molecule has 0 radical (unpaired) electrons. The maximum Gasteiger partial charge on any atom is 0.253 e. The van der Waals surface area contributed by atoms with Crippen LogP contribution in [-0.4, -0.2) is 29.5 Å². The van der Waals surface area contributed by atoms with Gasteiger partial charge in [-0.1, -0.05) is 41.9 Å². The lowest BCUT2D eigenvalue weighted by Gasteiger charge is -2.15. The number of ether oxygens (including phenoxy) is 1. The van der Waals surface area contributed by atoms with Crippen LogP contribution in [0.1, 0.15) is 17.5 Å². The molecule has 2 aromatic carbocycles. The second-order valence-corrected chi connectivity index (χ2v) is 5.85. The number of rotatable bonds is 6. The van der Waals surface area contributed by atoms with Gasteiger partial charge >= 0.3 is 0 Å². The monoisotopic (exact) mass is 343 g/mol. The summed E-state index contributed by atoms with van der Waals surface area (Å²) in [5.74, 6) is 0.643. The molecule has 0 spiro atoms. The summed E-state index contributed by atoms with van der Waals surface area (Å²) in [4.78, 5) is 20.0. The molecule has 0 aliphatic rings. The zero-order valence-corrected chi connectivity index (χ0v) is 14.0. The summed E-state index contributed by atoms with van der Waals surface area (Å²) in [5.41, 5.74) is 2.58. The summed E-state index contributed by atoms with van der Waals surface area (Å²) in [5, 5.41) is 3.55. The molecule has 6 heteroatoms. The highest BCUT2D eigenvalue weighted by Gasteiger charge is 2.19. The number of carbonyl (C=O) groups is 1. The third kappa shape index (κ3) is 3.75. The van der Waals surface area contributed by atoms with Gasteiger partial charge in [0.05, 0.1) is 11.0 Å². The van der Waals surface area contributed by atoms with Crippen molar-refractivity contribution in [1.82, 2.24) is 15.3 Å². The van der Waals surface area contributed by atoms with Gasteiger partial charge in [-0.2, -0.15) is 0 Å². The number of methoxy groups -OCH3 is 1. The van der Waals surface area contributed by atoms with Crippen molar-refractivity contribution >= 4 is 28.5 Å². The molecule has 24 heavy (non-hydrogen) atoms. The second kappa shape index (κ2) is 7.47. The maximum atomic E-state index is 12.3. The van der Waals surface area contributed by atoms with Gasteiger partial charge < -0.3 is 15.0 Å². The fourth-order valence-electron chi connectivity index (χ4n) is 2.57. The summed E-state index contributed by atoms with van der Waals surface area (Å²) >= 11 is 5.96. The first kappa shape index (κ1) is 16.5. The number of aromatic nitrogens is 2.